The summed E-state index contributed by atoms with van der Waals surface area (Å²) in [6.07, 6.45) is 1.32. The molecule has 0 radical (unpaired) electrons. The molecule has 4 nitrogen and oxygen atoms in total. The van der Waals surface area contributed by atoms with Crippen molar-refractivity contribution in [2.75, 3.05) is 13.1 Å². The van der Waals surface area contributed by atoms with Gasteiger partial charge in [0.15, 0.2) is 0 Å². The molecule has 0 amide bonds. The van der Waals surface area contributed by atoms with Crippen molar-refractivity contribution >= 4 is 5.97 Å². The van der Waals surface area contributed by atoms with Crippen LogP contribution in [0.5, 0.6) is 0 Å². The minimum Gasteiger partial charge on any atom is -0.478 e. The monoisotopic (exact) mass is 311 g/mol. The van der Waals surface area contributed by atoms with Crippen molar-refractivity contribution in [3.63, 3.8) is 0 Å². The third kappa shape index (κ3) is 3.60. The van der Waals surface area contributed by atoms with Gasteiger partial charge in [-0.1, -0.05) is 42.5 Å². The largest absolute Gasteiger partial charge is 0.478 e. The summed E-state index contributed by atoms with van der Waals surface area (Å²) in [5, 5.41) is 19.8. The maximum atomic E-state index is 10.9. The van der Waals surface area contributed by atoms with E-state index in [-0.39, 0.29) is 5.56 Å². The molecule has 23 heavy (non-hydrogen) atoms. The minimum absolute atomic E-state index is 0.249. The molecule has 1 heterocycles. The molecule has 1 saturated heterocycles. The molecular weight excluding hydrogens is 290 g/mol. The summed E-state index contributed by atoms with van der Waals surface area (Å²) >= 11 is 0. The molecule has 2 aromatic carbocycles. The van der Waals surface area contributed by atoms with Crippen LogP contribution in [0.3, 0.4) is 0 Å². The van der Waals surface area contributed by atoms with E-state index in [1.54, 1.807) is 24.3 Å². The number of aliphatic hydroxyl groups is 1. The van der Waals surface area contributed by atoms with Gasteiger partial charge in [0.05, 0.1) is 11.2 Å². The molecule has 3 rings (SSSR count). The predicted molar refractivity (Wildman–Crippen MR) is 88.3 cm³/mol. The molecule has 2 aromatic rings. The summed E-state index contributed by atoms with van der Waals surface area (Å²) in [5.74, 6) is -0.943. The van der Waals surface area contributed by atoms with Gasteiger partial charge in [-0.2, -0.15) is 0 Å². The third-order valence-electron chi connectivity index (χ3n) is 4.60. The quantitative estimate of drug-likeness (QED) is 0.911. The number of piperidine rings is 1. The number of aromatic carboxylic acids is 1. The first-order valence-electron chi connectivity index (χ1n) is 7.89. The van der Waals surface area contributed by atoms with Gasteiger partial charge in [-0.05, 0) is 36.1 Å². The Morgan fingerprint density at radius 1 is 1.00 bits per heavy atom. The summed E-state index contributed by atoms with van der Waals surface area (Å²) in [4.78, 5) is 13.3. The van der Waals surface area contributed by atoms with Crippen LogP contribution in [-0.2, 0) is 12.1 Å². The number of benzene rings is 2. The number of nitrogens with zero attached hydrogens (tertiary/aromatic N) is 1. The molecule has 0 spiro atoms. The number of hydrogen-bond acceptors (Lipinski definition) is 3. The van der Waals surface area contributed by atoms with Gasteiger partial charge in [-0.15, -0.1) is 0 Å². The summed E-state index contributed by atoms with van der Waals surface area (Å²) in [6, 6.07) is 16.9. The van der Waals surface area contributed by atoms with Crippen LogP contribution in [0, 0.1) is 0 Å². The van der Waals surface area contributed by atoms with Crippen molar-refractivity contribution in [1.82, 2.24) is 4.90 Å². The maximum absolute atomic E-state index is 10.9. The highest BCUT2D eigenvalue weighted by molar-refractivity contribution is 5.87. The molecule has 4 heteroatoms. The number of carboxylic acid groups (broad SMARTS) is 1. The van der Waals surface area contributed by atoms with Gasteiger partial charge in [-0.25, -0.2) is 4.79 Å². The van der Waals surface area contributed by atoms with Gasteiger partial charge >= 0.3 is 5.97 Å². The number of carbonyl (C=O) groups is 1. The molecule has 2 N–H and O–H groups in total. The van der Waals surface area contributed by atoms with Crippen LogP contribution in [0.1, 0.15) is 34.3 Å². The topological polar surface area (TPSA) is 60.8 Å². The number of likely N-dealkylation sites (tertiary alicyclic amines) is 1. The second kappa shape index (κ2) is 6.52. The van der Waals surface area contributed by atoms with Crippen LogP contribution < -0.4 is 0 Å². The first-order chi connectivity index (χ1) is 11.1. The Hall–Kier alpha value is -2.17. The molecule has 120 valence electrons. The highest BCUT2D eigenvalue weighted by Crippen LogP contribution is 2.33. The highest BCUT2D eigenvalue weighted by Gasteiger charge is 2.33. The zero-order chi connectivity index (χ0) is 16.3. The molecule has 1 aliphatic heterocycles. The molecule has 0 bridgehead atoms. The third-order valence-corrected chi connectivity index (χ3v) is 4.60. The summed E-state index contributed by atoms with van der Waals surface area (Å²) < 4.78 is 0. The van der Waals surface area contributed by atoms with Crippen molar-refractivity contribution in [3.8, 4) is 0 Å². The van der Waals surface area contributed by atoms with E-state index < -0.39 is 11.6 Å². The lowest BCUT2D eigenvalue weighted by Gasteiger charge is -2.38. The average molecular weight is 311 g/mol. The SMILES string of the molecule is O=C(O)c1ccc(C2(O)CCN(Cc3ccccc3)CC2)cc1. The van der Waals surface area contributed by atoms with Crippen molar-refractivity contribution in [3.05, 3.63) is 71.3 Å². The smallest absolute Gasteiger partial charge is 0.335 e. The van der Waals surface area contributed by atoms with E-state index in [0.29, 0.717) is 12.8 Å². The first-order valence-corrected chi connectivity index (χ1v) is 7.89. The molecule has 0 atom stereocenters. The van der Waals surface area contributed by atoms with Gasteiger partial charge in [-0.3, -0.25) is 4.90 Å². The number of carboxylic acids is 1. The molecule has 0 aromatic heterocycles. The summed E-state index contributed by atoms with van der Waals surface area (Å²) in [7, 11) is 0. The Labute approximate surface area is 136 Å². The summed E-state index contributed by atoms with van der Waals surface area (Å²) in [6.45, 7) is 2.55. The zero-order valence-electron chi connectivity index (χ0n) is 13.0. The Balaban J connectivity index is 1.63. The maximum Gasteiger partial charge on any atom is 0.335 e. The molecule has 0 unspecified atom stereocenters. The van der Waals surface area contributed by atoms with Gasteiger partial charge in [0.2, 0.25) is 0 Å². The van der Waals surface area contributed by atoms with E-state index in [0.717, 1.165) is 25.2 Å². The number of rotatable bonds is 4. The fourth-order valence-electron chi connectivity index (χ4n) is 3.13. The van der Waals surface area contributed by atoms with Gasteiger partial charge in [0.1, 0.15) is 0 Å². The van der Waals surface area contributed by atoms with Crippen LogP contribution in [0.2, 0.25) is 0 Å². The molecule has 1 fully saturated rings. The fraction of sp³-hybridized carbons (Fsp3) is 0.316. The van der Waals surface area contributed by atoms with E-state index >= 15 is 0 Å². The first kappa shape index (κ1) is 15.7. The van der Waals surface area contributed by atoms with Crippen LogP contribution in [0.15, 0.2) is 54.6 Å². The lowest BCUT2D eigenvalue weighted by atomic mass is 9.84. The van der Waals surface area contributed by atoms with Crippen LogP contribution in [0.4, 0.5) is 0 Å². The van der Waals surface area contributed by atoms with Crippen molar-refractivity contribution < 1.29 is 15.0 Å². The summed E-state index contributed by atoms with van der Waals surface area (Å²) in [5.41, 5.74) is 1.48. The van der Waals surface area contributed by atoms with E-state index in [4.69, 9.17) is 5.11 Å². The Kier molecular flexibility index (Phi) is 4.46. The standard InChI is InChI=1S/C19H21NO3/c21-18(22)16-6-8-17(9-7-16)19(23)10-12-20(13-11-19)14-15-4-2-1-3-5-15/h1-9,23H,10-14H2,(H,21,22). The lowest BCUT2D eigenvalue weighted by molar-refractivity contribution is -0.0277. The average Bonchev–Trinajstić information content (AvgIpc) is 2.58. The van der Waals surface area contributed by atoms with E-state index in [2.05, 4.69) is 17.0 Å². The molecule has 1 aliphatic rings. The van der Waals surface area contributed by atoms with Crippen LogP contribution in [-0.4, -0.2) is 34.2 Å². The van der Waals surface area contributed by atoms with Gasteiger partial charge in [0, 0.05) is 19.6 Å². The van der Waals surface area contributed by atoms with Crippen LogP contribution in [0.25, 0.3) is 0 Å². The second-order valence-corrected chi connectivity index (χ2v) is 6.18. The Bertz CT molecular complexity index is 659. The van der Waals surface area contributed by atoms with E-state index in [1.807, 2.05) is 18.2 Å². The van der Waals surface area contributed by atoms with Gasteiger partial charge in [0.25, 0.3) is 0 Å². The lowest BCUT2D eigenvalue weighted by Crippen LogP contribution is -2.42. The molecular formula is C19H21NO3. The van der Waals surface area contributed by atoms with Gasteiger partial charge < -0.3 is 10.2 Å². The second-order valence-electron chi connectivity index (χ2n) is 6.18. The van der Waals surface area contributed by atoms with Crippen molar-refractivity contribution in [2.24, 2.45) is 0 Å². The minimum atomic E-state index is -0.943. The van der Waals surface area contributed by atoms with Crippen LogP contribution >= 0.6 is 0 Å². The van der Waals surface area contributed by atoms with Crippen molar-refractivity contribution in [2.45, 2.75) is 25.0 Å². The van der Waals surface area contributed by atoms with E-state index in [1.165, 1.54) is 5.56 Å². The molecule has 0 saturated carbocycles. The van der Waals surface area contributed by atoms with Crippen molar-refractivity contribution in [1.29, 1.82) is 0 Å². The number of hydrogen-bond donors (Lipinski definition) is 2. The fourth-order valence-corrected chi connectivity index (χ4v) is 3.13. The predicted octanol–water partition coefficient (Wildman–Crippen LogP) is 2.87. The Morgan fingerprint density at radius 3 is 2.17 bits per heavy atom. The highest BCUT2D eigenvalue weighted by atomic mass is 16.4. The zero-order valence-corrected chi connectivity index (χ0v) is 13.0. The molecule has 0 aliphatic carbocycles. The van der Waals surface area contributed by atoms with E-state index in [9.17, 15) is 9.90 Å². The normalized spacial score (nSPS) is 17.8. The Morgan fingerprint density at radius 2 is 1.61 bits per heavy atom.